The Morgan fingerprint density at radius 1 is 1.00 bits per heavy atom. The van der Waals surface area contributed by atoms with Gasteiger partial charge in [-0.2, -0.15) is 0 Å². The van der Waals surface area contributed by atoms with E-state index < -0.39 is 17.7 Å². The zero-order valence-electron chi connectivity index (χ0n) is 17.7. The molecule has 1 amide bonds. The molecule has 1 saturated heterocycles. The summed E-state index contributed by atoms with van der Waals surface area (Å²) in [5.74, 6) is -1.58. The van der Waals surface area contributed by atoms with Crippen LogP contribution in [0.1, 0.15) is 28.3 Å². The van der Waals surface area contributed by atoms with Crippen molar-refractivity contribution in [3.63, 3.8) is 0 Å². The number of hydrogen-bond acceptors (Lipinski definition) is 4. The van der Waals surface area contributed by atoms with Gasteiger partial charge in [-0.15, -0.1) is 0 Å². The van der Waals surface area contributed by atoms with E-state index in [0.717, 1.165) is 22.0 Å². The molecule has 3 heterocycles. The highest BCUT2D eigenvalue weighted by Gasteiger charge is 2.47. The normalized spacial score (nSPS) is 17.9. The third-order valence-corrected chi connectivity index (χ3v) is 6.08. The minimum absolute atomic E-state index is 0.0594. The number of benzene rings is 2. The Kier molecular flexibility index (Phi) is 4.63. The third-order valence-electron chi connectivity index (χ3n) is 6.08. The van der Waals surface area contributed by atoms with Gasteiger partial charge in [0.1, 0.15) is 5.76 Å². The fourth-order valence-electron chi connectivity index (χ4n) is 4.25. The molecule has 0 aliphatic carbocycles. The molecule has 1 aliphatic heterocycles. The van der Waals surface area contributed by atoms with Crippen LogP contribution in [0, 0.1) is 13.8 Å². The molecule has 1 unspecified atom stereocenters. The molecule has 0 saturated carbocycles. The smallest absolute Gasteiger partial charge is 0.300 e. The minimum Gasteiger partial charge on any atom is -0.507 e. The van der Waals surface area contributed by atoms with Crippen LogP contribution in [0.3, 0.4) is 0 Å². The van der Waals surface area contributed by atoms with Crippen LogP contribution in [-0.2, 0) is 9.59 Å². The van der Waals surface area contributed by atoms with Crippen molar-refractivity contribution < 1.29 is 14.7 Å². The number of aliphatic hydroxyl groups excluding tert-OH is 1. The summed E-state index contributed by atoms with van der Waals surface area (Å²) >= 11 is 0. The molecule has 6 nitrogen and oxygen atoms in total. The summed E-state index contributed by atoms with van der Waals surface area (Å²) in [4.78, 5) is 35.1. The number of pyridine rings is 1. The number of anilines is 1. The lowest BCUT2D eigenvalue weighted by molar-refractivity contribution is -0.132. The molecule has 0 bridgehead atoms. The van der Waals surface area contributed by atoms with E-state index >= 15 is 0 Å². The predicted octanol–water partition coefficient (Wildman–Crippen LogP) is 4.81. The predicted molar refractivity (Wildman–Crippen MR) is 123 cm³/mol. The van der Waals surface area contributed by atoms with E-state index in [4.69, 9.17) is 0 Å². The zero-order valence-corrected chi connectivity index (χ0v) is 17.7. The van der Waals surface area contributed by atoms with Crippen LogP contribution in [0.25, 0.3) is 16.7 Å². The second kappa shape index (κ2) is 7.50. The molecule has 0 spiro atoms. The minimum atomic E-state index is -0.770. The summed E-state index contributed by atoms with van der Waals surface area (Å²) in [5.41, 5.74) is 4.77. The molecule has 4 aromatic rings. The fourth-order valence-corrected chi connectivity index (χ4v) is 4.25. The van der Waals surface area contributed by atoms with Crippen molar-refractivity contribution in [2.45, 2.75) is 19.9 Å². The van der Waals surface area contributed by atoms with Gasteiger partial charge in [0.15, 0.2) is 0 Å². The van der Waals surface area contributed by atoms with Crippen molar-refractivity contribution >= 4 is 34.0 Å². The molecule has 1 fully saturated rings. The first-order chi connectivity index (χ1) is 15.5. The van der Waals surface area contributed by atoms with Gasteiger partial charge in [0.25, 0.3) is 11.7 Å². The van der Waals surface area contributed by atoms with E-state index in [1.165, 1.54) is 4.90 Å². The molecule has 1 atom stereocenters. The molecule has 1 aliphatic rings. The maximum atomic E-state index is 13.3. The molecular formula is C26H21N3O3. The topological polar surface area (TPSA) is 86.3 Å². The maximum Gasteiger partial charge on any atom is 0.300 e. The number of hydrogen-bond donors (Lipinski definition) is 2. The van der Waals surface area contributed by atoms with Gasteiger partial charge in [0.2, 0.25) is 0 Å². The van der Waals surface area contributed by atoms with E-state index in [1.807, 2.05) is 56.3 Å². The number of H-pyrrole nitrogens is 1. The average Bonchev–Trinajstić information content (AvgIpc) is 3.35. The number of para-hydroxylation sites is 1. The fraction of sp³-hybridized carbons (Fsp3) is 0.115. The number of aromatic amines is 1. The van der Waals surface area contributed by atoms with Crippen molar-refractivity contribution in [2.75, 3.05) is 4.90 Å². The molecule has 6 heteroatoms. The Morgan fingerprint density at radius 2 is 1.75 bits per heavy atom. The van der Waals surface area contributed by atoms with Crippen LogP contribution in [-0.4, -0.2) is 26.8 Å². The molecule has 2 aromatic heterocycles. The van der Waals surface area contributed by atoms with Crippen molar-refractivity contribution in [3.05, 3.63) is 101 Å². The molecule has 158 valence electrons. The number of aryl methyl sites for hydroxylation is 2. The van der Waals surface area contributed by atoms with E-state index in [-0.39, 0.29) is 11.3 Å². The molecular weight excluding hydrogens is 402 g/mol. The number of rotatable bonds is 3. The van der Waals surface area contributed by atoms with Gasteiger partial charge < -0.3 is 10.1 Å². The third kappa shape index (κ3) is 3.00. The second-order valence-electron chi connectivity index (χ2n) is 7.97. The van der Waals surface area contributed by atoms with Gasteiger partial charge in [-0.3, -0.25) is 19.5 Å². The van der Waals surface area contributed by atoms with Crippen molar-refractivity contribution in [1.29, 1.82) is 0 Å². The van der Waals surface area contributed by atoms with Crippen molar-refractivity contribution in [3.8, 4) is 0 Å². The summed E-state index contributed by atoms with van der Waals surface area (Å²) in [7, 11) is 0. The SMILES string of the molecule is Cc1ccc(N2C(=O)C(=O)/C(=C(\O)c3c[nH]c4ccccc34)C2c2ccncc2)cc1C. The van der Waals surface area contributed by atoms with Crippen LogP contribution >= 0.6 is 0 Å². The molecule has 2 aromatic carbocycles. The molecule has 2 N–H and O–H groups in total. The summed E-state index contributed by atoms with van der Waals surface area (Å²) in [5, 5.41) is 12.1. The van der Waals surface area contributed by atoms with Crippen LogP contribution in [0.2, 0.25) is 0 Å². The second-order valence-corrected chi connectivity index (χ2v) is 7.97. The Hall–Kier alpha value is -4.19. The van der Waals surface area contributed by atoms with Crippen molar-refractivity contribution in [1.82, 2.24) is 9.97 Å². The standard InChI is InChI=1S/C26H21N3O3/c1-15-7-8-18(13-16(15)2)29-23(17-9-11-27-12-10-17)22(25(31)26(29)32)24(30)20-14-28-21-6-4-3-5-19(20)21/h3-14,23,28,30H,1-2H3/b24-22-. The van der Waals surface area contributed by atoms with E-state index in [1.54, 1.807) is 30.7 Å². The lowest BCUT2D eigenvalue weighted by Gasteiger charge is -2.25. The summed E-state index contributed by atoms with van der Waals surface area (Å²) in [6, 6.07) is 15.9. The van der Waals surface area contributed by atoms with Crippen LogP contribution in [0.15, 0.2) is 78.8 Å². The molecule has 32 heavy (non-hydrogen) atoms. The summed E-state index contributed by atoms with van der Waals surface area (Å²) < 4.78 is 0. The Bertz CT molecular complexity index is 1400. The van der Waals surface area contributed by atoms with E-state index in [0.29, 0.717) is 16.8 Å². The van der Waals surface area contributed by atoms with Gasteiger partial charge in [-0.1, -0.05) is 24.3 Å². The molecule has 0 radical (unpaired) electrons. The number of fused-ring (bicyclic) bond motifs is 1. The van der Waals surface area contributed by atoms with E-state index in [9.17, 15) is 14.7 Å². The number of carbonyl (C=O) groups excluding carboxylic acids is 2. The van der Waals surface area contributed by atoms with Gasteiger partial charge >= 0.3 is 0 Å². The molecule has 5 rings (SSSR count). The quantitative estimate of drug-likeness (QED) is 0.281. The number of Topliss-reactive ketones (excluding diaryl/α,β-unsaturated/α-hetero) is 1. The first-order valence-corrected chi connectivity index (χ1v) is 10.3. The number of nitrogens with one attached hydrogen (secondary N) is 1. The highest BCUT2D eigenvalue weighted by atomic mass is 16.3. The highest BCUT2D eigenvalue weighted by Crippen LogP contribution is 2.43. The number of aliphatic hydroxyl groups is 1. The maximum absolute atomic E-state index is 13.3. The van der Waals surface area contributed by atoms with Crippen LogP contribution in [0.5, 0.6) is 0 Å². The Balaban J connectivity index is 1.76. The lowest BCUT2D eigenvalue weighted by Crippen LogP contribution is -2.29. The summed E-state index contributed by atoms with van der Waals surface area (Å²) in [6.45, 7) is 3.95. The first-order valence-electron chi connectivity index (χ1n) is 10.3. The largest absolute Gasteiger partial charge is 0.507 e. The number of ketones is 1. The Labute approximate surface area is 184 Å². The first kappa shape index (κ1) is 19.8. The van der Waals surface area contributed by atoms with Gasteiger partial charge in [-0.25, -0.2) is 0 Å². The highest BCUT2D eigenvalue weighted by molar-refractivity contribution is 6.51. The monoisotopic (exact) mass is 423 g/mol. The number of amides is 1. The van der Waals surface area contributed by atoms with Gasteiger partial charge in [0.05, 0.1) is 11.6 Å². The van der Waals surface area contributed by atoms with Crippen molar-refractivity contribution in [2.24, 2.45) is 0 Å². The van der Waals surface area contributed by atoms with Crippen LogP contribution < -0.4 is 4.90 Å². The summed E-state index contributed by atoms with van der Waals surface area (Å²) in [6.07, 6.45) is 4.89. The Morgan fingerprint density at radius 3 is 2.50 bits per heavy atom. The number of nitrogens with zero attached hydrogens (tertiary/aromatic N) is 2. The van der Waals surface area contributed by atoms with Crippen LogP contribution in [0.4, 0.5) is 5.69 Å². The number of carbonyl (C=O) groups is 2. The number of aromatic nitrogens is 2. The van der Waals surface area contributed by atoms with Gasteiger partial charge in [0, 0.05) is 40.7 Å². The lowest BCUT2D eigenvalue weighted by atomic mass is 9.95. The van der Waals surface area contributed by atoms with E-state index in [2.05, 4.69) is 9.97 Å². The van der Waals surface area contributed by atoms with Gasteiger partial charge in [-0.05, 0) is 60.9 Å². The average molecular weight is 423 g/mol. The zero-order chi connectivity index (χ0) is 22.4.